The average Bonchev–Trinajstić information content (AvgIpc) is 4.05. The Morgan fingerprint density at radius 3 is 1.62 bits per heavy atom. The van der Waals surface area contributed by atoms with Crippen molar-refractivity contribution < 1.29 is 30.7 Å². The van der Waals surface area contributed by atoms with E-state index in [9.17, 15) is 5.11 Å². The maximum atomic E-state index is 12.7. The molecule has 0 saturated heterocycles. The van der Waals surface area contributed by atoms with Crippen molar-refractivity contribution in [2.45, 2.75) is 118 Å². The molecular weight excluding hydrogens is 1130 g/mol. The van der Waals surface area contributed by atoms with Crippen molar-refractivity contribution in [2.75, 3.05) is 0 Å². The van der Waals surface area contributed by atoms with Gasteiger partial charge in [-0.15, -0.1) is 29.3 Å². The van der Waals surface area contributed by atoms with Gasteiger partial charge in [0, 0.05) is 16.7 Å². The van der Waals surface area contributed by atoms with E-state index in [-0.39, 0.29) is 54.9 Å². The zero-order chi connectivity index (χ0) is 54.7. The molecule has 78 heavy (non-hydrogen) atoms. The summed E-state index contributed by atoms with van der Waals surface area (Å²) in [6.45, 7) is 29.3. The maximum absolute atomic E-state index is 12.7. The van der Waals surface area contributed by atoms with Crippen LogP contribution in [0.1, 0.15) is 130 Å². The van der Waals surface area contributed by atoms with Crippen LogP contribution in [-0.2, 0) is 44.4 Å². The van der Waals surface area contributed by atoms with Crippen molar-refractivity contribution >= 4 is 11.0 Å². The number of aromatic nitrogens is 3. The van der Waals surface area contributed by atoms with Crippen molar-refractivity contribution in [3.05, 3.63) is 216 Å². The summed E-state index contributed by atoms with van der Waals surface area (Å²) in [4.78, 5) is 5.77. The number of para-hydroxylation sites is 1. The van der Waals surface area contributed by atoms with Gasteiger partial charge in [-0.2, -0.15) is 12.1 Å². The zero-order valence-electron chi connectivity index (χ0n) is 48.0. The second kappa shape index (κ2) is 21.6. The second-order valence-corrected chi connectivity index (χ2v) is 24.8. The minimum Gasteiger partial charge on any atom is -0.507 e. The largest absolute Gasteiger partial charge is 2.00 e. The van der Waals surface area contributed by atoms with Crippen LogP contribution < -0.4 is 4.57 Å². The molecule has 0 aliphatic carbocycles. The van der Waals surface area contributed by atoms with Gasteiger partial charge < -0.3 is 5.11 Å². The minimum atomic E-state index is -0.350. The molecule has 10 rings (SSSR count). The number of aromatic hydroxyl groups is 1. The Bertz CT molecular complexity index is 3780. The molecule has 0 unspecified atom stereocenters. The Kier molecular flexibility index (Phi) is 15.4. The summed E-state index contributed by atoms with van der Waals surface area (Å²) >= 11 is 0. The number of imidazole rings is 1. The van der Waals surface area contributed by atoms with E-state index in [0.717, 1.165) is 78.0 Å². The van der Waals surface area contributed by atoms with Crippen LogP contribution in [-0.4, -0.2) is 14.7 Å². The Labute approximate surface area is 479 Å². The van der Waals surface area contributed by atoms with Gasteiger partial charge in [0.15, 0.2) is 5.69 Å². The molecule has 0 saturated carbocycles. The summed E-state index contributed by atoms with van der Waals surface area (Å²) in [6.07, 6.45) is 2.09. The number of phenols is 1. The number of hydrogen-bond acceptors (Lipinski definition) is 2. The molecule has 2 heterocycles. The van der Waals surface area contributed by atoms with Crippen LogP contribution in [0.2, 0.25) is 0 Å². The Morgan fingerprint density at radius 1 is 0.500 bits per heavy atom. The number of phenolic OH excluding ortho intramolecular Hbond substituents is 1. The summed E-state index contributed by atoms with van der Waals surface area (Å²) in [5.74, 6) is 1.49. The van der Waals surface area contributed by atoms with E-state index in [1.807, 2.05) is 0 Å². The fraction of sp³-hybridized carbons (Fsp3) is 0.260. The third-order valence-corrected chi connectivity index (χ3v) is 15.3. The molecule has 0 fully saturated rings. The Morgan fingerprint density at radius 2 is 1.05 bits per heavy atom. The van der Waals surface area contributed by atoms with E-state index >= 15 is 0 Å². The molecule has 0 aliphatic rings. The molecule has 4 nitrogen and oxygen atoms in total. The molecule has 0 radical (unpaired) electrons. The van der Waals surface area contributed by atoms with Gasteiger partial charge in [-0.05, 0) is 96.9 Å². The molecule has 0 atom stereocenters. The quantitative estimate of drug-likeness (QED) is 0.110. The van der Waals surface area contributed by atoms with Gasteiger partial charge in [0.2, 0.25) is 0 Å². The normalized spacial score (nSPS) is 12.2. The monoisotopic (exact) mass is 1200 g/mol. The molecular formula is C73H74N3OPt+. The maximum Gasteiger partial charge on any atom is 2.00 e. The minimum absolute atomic E-state index is 0. The van der Waals surface area contributed by atoms with E-state index in [2.05, 4.69) is 294 Å². The van der Waals surface area contributed by atoms with Crippen LogP contribution in [0, 0.1) is 12.1 Å². The molecule has 0 amide bonds. The second-order valence-electron chi connectivity index (χ2n) is 24.8. The first-order valence-electron chi connectivity index (χ1n) is 27.5. The average molecular weight is 1200 g/mol. The predicted octanol–water partition coefficient (Wildman–Crippen LogP) is 19.0. The summed E-state index contributed by atoms with van der Waals surface area (Å²) in [6, 6.07) is 69.0. The molecule has 8 aromatic carbocycles. The van der Waals surface area contributed by atoms with Crippen molar-refractivity contribution in [2.24, 2.45) is 7.05 Å². The van der Waals surface area contributed by atoms with Gasteiger partial charge in [-0.1, -0.05) is 223 Å². The van der Waals surface area contributed by atoms with Crippen molar-refractivity contribution in [3.8, 4) is 89.7 Å². The van der Waals surface area contributed by atoms with Crippen molar-refractivity contribution in [3.63, 3.8) is 0 Å². The molecule has 396 valence electrons. The zero-order valence-corrected chi connectivity index (χ0v) is 50.3. The molecule has 2 aromatic heterocycles. The van der Waals surface area contributed by atoms with Gasteiger partial charge in [0.05, 0.1) is 22.3 Å². The first-order chi connectivity index (χ1) is 36.6. The third-order valence-electron chi connectivity index (χ3n) is 15.3. The SMILES string of the molecule is CC(C)c1cc(-c2ccccc2)cc(C(C)C)c1-c1cc(-c2[c-]c(-c3cccc4c3nc(-c3cc(C(C)(C)C)cc(C(C)(C)C)c3O)n4-c3ccc(-c4ccccc4)cc3-c3ccccc3)cc(C(C)(C)C)c2)[c-]c[n+]1C.[Pt+2]. The number of rotatable bonds is 10. The van der Waals surface area contributed by atoms with Crippen LogP contribution in [0.3, 0.4) is 0 Å². The Hall–Kier alpha value is -7.13. The molecule has 0 aliphatic heterocycles. The van der Waals surface area contributed by atoms with Crippen LogP contribution in [0.15, 0.2) is 176 Å². The van der Waals surface area contributed by atoms with Crippen LogP contribution >= 0.6 is 0 Å². The standard InChI is InChI=1S/C73H74N3O.Pt/c1-46(2)59-41-54(49-27-20-16-21-28-49)42-60(47(3)4)67(59)66-43-52(35-36-75(66)14)53-37-55(39-56(38-53)71(5,6)7)58-31-24-32-65-68(58)74-70(62-44-57(72(8,9)10)45-63(69(62)77)73(11,12)13)76(65)64-34-33-51(48-25-18-15-19-26-48)40-61(64)50-29-22-17-23-30-50;/h15-34,36,38-47,77H,1-14H3;/q-1;+2. The van der Waals surface area contributed by atoms with E-state index < -0.39 is 0 Å². The topological polar surface area (TPSA) is 41.9 Å². The third kappa shape index (κ3) is 10.9. The number of nitrogens with zero attached hydrogens (tertiary/aromatic N) is 3. The molecule has 0 spiro atoms. The summed E-state index contributed by atoms with van der Waals surface area (Å²) in [5.41, 5.74) is 21.7. The van der Waals surface area contributed by atoms with Gasteiger partial charge in [-0.3, -0.25) is 4.57 Å². The van der Waals surface area contributed by atoms with Gasteiger partial charge in [0.1, 0.15) is 24.8 Å². The molecule has 0 bridgehead atoms. The van der Waals surface area contributed by atoms with Crippen LogP contribution in [0.25, 0.3) is 95.0 Å². The van der Waals surface area contributed by atoms with Gasteiger partial charge in [-0.25, -0.2) is 20.7 Å². The molecule has 5 heteroatoms. The number of pyridine rings is 1. The Balaban J connectivity index is 0.00000740. The van der Waals surface area contributed by atoms with E-state index in [4.69, 9.17) is 4.98 Å². The van der Waals surface area contributed by atoms with E-state index in [1.54, 1.807) is 0 Å². The summed E-state index contributed by atoms with van der Waals surface area (Å²) < 4.78 is 4.52. The van der Waals surface area contributed by atoms with Crippen molar-refractivity contribution in [1.82, 2.24) is 9.55 Å². The summed E-state index contributed by atoms with van der Waals surface area (Å²) in [5, 5.41) is 12.7. The van der Waals surface area contributed by atoms with Gasteiger partial charge in [0.25, 0.3) is 0 Å². The van der Waals surface area contributed by atoms with E-state index in [1.165, 1.54) is 33.4 Å². The smallest absolute Gasteiger partial charge is 0.507 e. The molecule has 1 N–H and O–H groups in total. The first kappa shape index (κ1) is 55.6. The van der Waals surface area contributed by atoms with Crippen molar-refractivity contribution in [1.29, 1.82) is 0 Å². The van der Waals surface area contributed by atoms with Gasteiger partial charge >= 0.3 is 21.1 Å². The first-order valence-corrected chi connectivity index (χ1v) is 27.5. The fourth-order valence-electron chi connectivity index (χ4n) is 10.8. The predicted molar refractivity (Wildman–Crippen MR) is 324 cm³/mol. The number of benzene rings is 8. The number of fused-ring (bicyclic) bond motifs is 1. The number of hydrogen-bond donors (Lipinski definition) is 1. The van der Waals surface area contributed by atoms with Crippen LogP contribution in [0.4, 0.5) is 0 Å². The van der Waals surface area contributed by atoms with E-state index in [0.29, 0.717) is 11.4 Å². The fourth-order valence-corrected chi connectivity index (χ4v) is 10.8. The number of aryl methyl sites for hydroxylation is 1. The molecule has 10 aromatic rings. The summed E-state index contributed by atoms with van der Waals surface area (Å²) in [7, 11) is 2.14. The van der Waals surface area contributed by atoms with Crippen LogP contribution in [0.5, 0.6) is 5.75 Å².